The lowest BCUT2D eigenvalue weighted by Crippen LogP contribution is -2.51. The minimum atomic E-state index is 0.132. The number of carbonyl (C=O) groups excluding carboxylic acids is 1. The highest BCUT2D eigenvalue weighted by molar-refractivity contribution is 5.76. The van der Waals surface area contributed by atoms with Gasteiger partial charge in [0, 0.05) is 51.4 Å². The Hall–Kier alpha value is -1.40. The number of likely N-dealkylation sites (tertiary alicyclic amines) is 1. The molecule has 2 aliphatic rings. The Labute approximate surface area is 144 Å². The lowest BCUT2D eigenvalue weighted by atomic mass is 9.93. The SMILES string of the molecule is Cc1cnn(CCC(=O)N[C@@H]2CCN(C[C@H]3CCCO3)C[C@H]2C)c1. The summed E-state index contributed by atoms with van der Waals surface area (Å²) in [7, 11) is 0. The molecule has 1 amide bonds. The highest BCUT2D eigenvalue weighted by atomic mass is 16.5. The van der Waals surface area contributed by atoms with Crippen molar-refractivity contribution in [2.75, 3.05) is 26.2 Å². The second-order valence-electron chi connectivity index (χ2n) is 7.37. The predicted molar refractivity (Wildman–Crippen MR) is 92.7 cm³/mol. The first-order valence-electron chi connectivity index (χ1n) is 9.22. The molecule has 0 bridgehead atoms. The second-order valence-corrected chi connectivity index (χ2v) is 7.37. The van der Waals surface area contributed by atoms with Crippen LogP contribution < -0.4 is 5.32 Å². The fourth-order valence-electron chi connectivity index (χ4n) is 3.77. The average molecular weight is 334 g/mol. The number of piperidine rings is 1. The standard InChI is InChI=1S/C18H30N4O2/c1-14-10-19-22(11-14)8-6-18(23)20-17-5-7-21(12-15(17)2)13-16-4-3-9-24-16/h10-11,15-17H,3-9,12-13H2,1-2H3,(H,20,23)/t15-,16-,17-/m1/s1. The Balaban J connectivity index is 1.38. The molecule has 2 fully saturated rings. The van der Waals surface area contributed by atoms with Crippen LogP contribution >= 0.6 is 0 Å². The van der Waals surface area contributed by atoms with Crippen LogP contribution in [0.5, 0.6) is 0 Å². The molecule has 134 valence electrons. The molecule has 1 N–H and O–H groups in total. The van der Waals surface area contributed by atoms with Gasteiger partial charge in [-0.2, -0.15) is 5.10 Å². The van der Waals surface area contributed by atoms with Gasteiger partial charge in [-0.25, -0.2) is 0 Å². The van der Waals surface area contributed by atoms with E-state index in [-0.39, 0.29) is 11.9 Å². The van der Waals surface area contributed by atoms with Crippen LogP contribution in [0.3, 0.4) is 0 Å². The largest absolute Gasteiger partial charge is 0.377 e. The quantitative estimate of drug-likeness (QED) is 0.858. The van der Waals surface area contributed by atoms with Gasteiger partial charge >= 0.3 is 0 Å². The van der Waals surface area contributed by atoms with Gasteiger partial charge in [0.05, 0.1) is 12.3 Å². The van der Waals surface area contributed by atoms with Crippen molar-refractivity contribution in [1.29, 1.82) is 0 Å². The van der Waals surface area contributed by atoms with Crippen LogP contribution in [0.4, 0.5) is 0 Å². The van der Waals surface area contributed by atoms with Crippen LogP contribution in [0.2, 0.25) is 0 Å². The summed E-state index contributed by atoms with van der Waals surface area (Å²) in [5.74, 6) is 0.614. The topological polar surface area (TPSA) is 59.4 Å². The third-order valence-corrected chi connectivity index (χ3v) is 5.15. The van der Waals surface area contributed by atoms with Gasteiger partial charge in [-0.1, -0.05) is 6.92 Å². The number of hydrogen-bond donors (Lipinski definition) is 1. The van der Waals surface area contributed by atoms with Crippen LogP contribution in [0.1, 0.15) is 38.2 Å². The highest BCUT2D eigenvalue weighted by Gasteiger charge is 2.29. The lowest BCUT2D eigenvalue weighted by molar-refractivity contribution is -0.122. The van der Waals surface area contributed by atoms with E-state index in [0.717, 1.165) is 38.2 Å². The Bertz CT molecular complexity index is 539. The van der Waals surface area contributed by atoms with Gasteiger partial charge < -0.3 is 15.0 Å². The van der Waals surface area contributed by atoms with Crippen molar-refractivity contribution in [3.8, 4) is 0 Å². The summed E-state index contributed by atoms with van der Waals surface area (Å²) in [6.45, 7) is 8.95. The number of ether oxygens (including phenoxy) is 1. The molecule has 24 heavy (non-hydrogen) atoms. The van der Waals surface area contributed by atoms with Crippen molar-refractivity contribution >= 4 is 5.91 Å². The zero-order chi connectivity index (χ0) is 16.9. The fourth-order valence-corrected chi connectivity index (χ4v) is 3.77. The summed E-state index contributed by atoms with van der Waals surface area (Å²) in [5.41, 5.74) is 1.13. The molecule has 3 rings (SSSR count). The number of aromatic nitrogens is 2. The van der Waals surface area contributed by atoms with Crippen LogP contribution in [0, 0.1) is 12.8 Å². The first-order valence-corrected chi connectivity index (χ1v) is 9.22. The van der Waals surface area contributed by atoms with E-state index >= 15 is 0 Å². The molecule has 0 aromatic carbocycles. The van der Waals surface area contributed by atoms with E-state index in [1.807, 2.05) is 24.0 Å². The third kappa shape index (κ3) is 4.80. The monoisotopic (exact) mass is 334 g/mol. The molecule has 0 radical (unpaired) electrons. The summed E-state index contributed by atoms with van der Waals surface area (Å²) in [4.78, 5) is 14.7. The zero-order valence-corrected chi connectivity index (χ0v) is 14.9. The molecule has 0 unspecified atom stereocenters. The summed E-state index contributed by atoms with van der Waals surface area (Å²) < 4.78 is 7.57. The highest BCUT2D eigenvalue weighted by Crippen LogP contribution is 2.20. The molecule has 6 nitrogen and oxygen atoms in total. The number of nitrogens with zero attached hydrogens (tertiary/aromatic N) is 3. The molecule has 3 atom stereocenters. The Morgan fingerprint density at radius 3 is 3.00 bits per heavy atom. The van der Waals surface area contributed by atoms with Crippen LogP contribution in [0.15, 0.2) is 12.4 Å². The summed E-state index contributed by atoms with van der Waals surface area (Å²) in [6, 6.07) is 0.289. The van der Waals surface area contributed by atoms with Gasteiger partial charge in [0.1, 0.15) is 0 Å². The van der Waals surface area contributed by atoms with Gasteiger partial charge in [0.2, 0.25) is 5.91 Å². The number of aryl methyl sites for hydroxylation is 2. The van der Waals surface area contributed by atoms with E-state index in [1.165, 1.54) is 12.8 Å². The van der Waals surface area contributed by atoms with E-state index in [0.29, 0.717) is 25.0 Å². The minimum absolute atomic E-state index is 0.132. The molecule has 0 saturated carbocycles. The zero-order valence-electron chi connectivity index (χ0n) is 14.9. The van der Waals surface area contributed by atoms with Gasteiger partial charge in [-0.05, 0) is 37.7 Å². The first kappa shape index (κ1) is 17.4. The van der Waals surface area contributed by atoms with E-state index < -0.39 is 0 Å². The summed E-state index contributed by atoms with van der Waals surface area (Å²) in [5, 5.41) is 7.45. The van der Waals surface area contributed by atoms with Crippen LogP contribution in [0.25, 0.3) is 0 Å². The average Bonchev–Trinajstić information content (AvgIpc) is 3.20. The second kappa shape index (κ2) is 8.12. The summed E-state index contributed by atoms with van der Waals surface area (Å²) in [6.07, 6.45) is 8.12. The fraction of sp³-hybridized carbons (Fsp3) is 0.778. The Kier molecular flexibility index (Phi) is 5.89. The maximum atomic E-state index is 12.2. The normalized spacial score (nSPS) is 28.2. The van der Waals surface area contributed by atoms with Crippen LogP contribution in [-0.4, -0.2) is 59.0 Å². The molecule has 2 saturated heterocycles. The Morgan fingerprint density at radius 2 is 2.33 bits per heavy atom. The molecular weight excluding hydrogens is 304 g/mol. The minimum Gasteiger partial charge on any atom is -0.377 e. The molecule has 0 spiro atoms. The molecule has 0 aliphatic carbocycles. The van der Waals surface area contributed by atoms with E-state index in [1.54, 1.807) is 0 Å². The number of hydrogen-bond acceptors (Lipinski definition) is 4. The third-order valence-electron chi connectivity index (χ3n) is 5.15. The molecular formula is C18H30N4O2. The van der Waals surface area contributed by atoms with Crippen molar-refractivity contribution in [3.05, 3.63) is 18.0 Å². The maximum absolute atomic E-state index is 12.2. The van der Waals surface area contributed by atoms with Gasteiger partial charge in [-0.15, -0.1) is 0 Å². The van der Waals surface area contributed by atoms with Crippen molar-refractivity contribution in [2.24, 2.45) is 5.92 Å². The molecule has 2 aliphatic heterocycles. The number of carbonyl (C=O) groups is 1. The Morgan fingerprint density at radius 1 is 1.46 bits per heavy atom. The molecule has 6 heteroatoms. The van der Waals surface area contributed by atoms with Gasteiger partial charge in [-0.3, -0.25) is 9.48 Å². The van der Waals surface area contributed by atoms with Gasteiger partial charge in [0.25, 0.3) is 0 Å². The predicted octanol–water partition coefficient (Wildman–Crippen LogP) is 1.59. The van der Waals surface area contributed by atoms with E-state index in [9.17, 15) is 4.79 Å². The smallest absolute Gasteiger partial charge is 0.222 e. The number of amides is 1. The van der Waals surface area contributed by atoms with Crippen LogP contribution in [-0.2, 0) is 16.1 Å². The van der Waals surface area contributed by atoms with E-state index in [2.05, 4.69) is 22.2 Å². The number of rotatable bonds is 6. The molecule has 3 heterocycles. The maximum Gasteiger partial charge on any atom is 0.222 e. The van der Waals surface area contributed by atoms with Crippen molar-refractivity contribution < 1.29 is 9.53 Å². The van der Waals surface area contributed by atoms with Crippen molar-refractivity contribution in [2.45, 2.75) is 58.2 Å². The first-order chi connectivity index (χ1) is 11.6. The number of nitrogens with one attached hydrogen (secondary N) is 1. The molecule has 1 aromatic rings. The lowest BCUT2D eigenvalue weighted by Gasteiger charge is -2.38. The van der Waals surface area contributed by atoms with Gasteiger partial charge in [0.15, 0.2) is 0 Å². The van der Waals surface area contributed by atoms with E-state index in [4.69, 9.17) is 4.74 Å². The van der Waals surface area contributed by atoms with Crippen molar-refractivity contribution in [3.63, 3.8) is 0 Å². The molecule has 1 aromatic heterocycles. The van der Waals surface area contributed by atoms with Crippen molar-refractivity contribution in [1.82, 2.24) is 20.0 Å². The summed E-state index contributed by atoms with van der Waals surface area (Å²) >= 11 is 0.